The molecule has 4 rings (SSSR count). The molecule has 1 atom stereocenters. The van der Waals surface area contributed by atoms with Crippen LogP contribution in [0.2, 0.25) is 0 Å². The number of ether oxygens (including phenoxy) is 2. The number of imide groups is 1. The number of benzene rings is 2. The van der Waals surface area contributed by atoms with Gasteiger partial charge in [-0.15, -0.1) is 0 Å². The van der Waals surface area contributed by atoms with Gasteiger partial charge in [0.1, 0.15) is 12.4 Å². The third-order valence-corrected chi connectivity index (χ3v) is 6.08. The van der Waals surface area contributed by atoms with Crippen LogP contribution in [0.25, 0.3) is 6.08 Å². The van der Waals surface area contributed by atoms with Crippen molar-refractivity contribution in [1.82, 2.24) is 10.2 Å². The zero-order valence-corrected chi connectivity index (χ0v) is 18.3. The fraction of sp³-hybridized carbons (Fsp3) is 0.292. The molecule has 0 saturated carbocycles. The highest BCUT2D eigenvalue weighted by atomic mass is 32.2. The smallest absolute Gasteiger partial charge is 0.293 e. The number of rotatable bonds is 8. The van der Waals surface area contributed by atoms with Gasteiger partial charge in [-0.05, 0) is 60.5 Å². The number of thioether (sulfide) groups is 1. The highest BCUT2D eigenvalue weighted by molar-refractivity contribution is 8.18. The van der Waals surface area contributed by atoms with Crippen molar-refractivity contribution in [2.75, 3.05) is 26.3 Å². The lowest BCUT2D eigenvalue weighted by Gasteiger charge is -2.13. The summed E-state index contributed by atoms with van der Waals surface area (Å²) in [5.74, 6) is 0.0633. The van der Waals surface area contributed by atoms with Crippen LogP contribution in [0.5, 0.6) is 5.75 Å². The molecule has 1 N–H and O–H groups in total. The number of hydrogen-bond donors (Lipinski definition) is 1. The lowest BCUT2D eigenvalue weighted by Crippen LogP contribution is -2.37. The second-order valence-corrected chi connectivity index (χ2v) is 8.46. The molecule has 2 heterocycles. The molecule has 32 heavy (non-hydrogen) atoms. The first kappa shape index (κ1) is 22.1. The summed E-state index contributed by atoms with van der Waals surface area (Å²) in [4.78, 5) is 38.7. The van der Waals surface area contributed by atoms with E-state index < -0.39 is 0 Å². The van der Waals surface area contributed by atoms with Crippen LogP contribution in [0.3, 0.4) is 0 Å². The largest absolute Gasteiger partial charge is 0.491 e. The second-order valence-electron chi connectivity index (χ2n) is 7.47. The van der Waals surface area contributed by atoms with E-state index in [4.69, 9.17) is 9.47 Å². The summed E-state index contributed by atoms with van der Waals surface area (Å²) in [6.07, 6.45) is 3.90. The van der Waals surface area contributed by atoms with Crippen molar-refractivity contribution >= 4 is 34.9 Å². The Morgan fingerprint density at radius 2 is 1.94 bits per heavy atom. The van der Waals surface area contributed by atoms with Crippen LogP contribution < -0.4 is 10.1 Å². The molecule has 2 fully saturated rings. The Balaban J connectivity index is 1.25. The van der Waals surface area contributed by atoms with Crippen molar-refractivity contribution in [3.8, 4) is 5.75 Å². The van der Waals surface area contributed by atoms with E-state index >= 15 is 0 Å². The maximum absolute atomic E-state index is 12.5. The van der Waals surface area contributed by atoms with E-state index in [9.17, 15) is 14.4 Å². The maximum atomic E-state index is 12.5. The Bertz CT molecular complexity index is 1000. The first-order valence-corrected chi connectivity index (χ1v) is 11.3. The first-order valence-electron chi connectivity index (χ1n) is 10.5. The average Bonchev–Trinajstić information content (AvgIpc) is 3.42. The number of amides is 3. The van der Waals surface area contributed by atoms with Gasteiger partial charge in [-0.3, -0.25) is 19.3 Å². The molecule has 0 bridgehead atoms. The number of nitrogens with zero attached hydrogens (tertiary/aromatic N) is 1. The predicted octanol–water partition coefficient (Wildman–Crippen LogP) is 3.71. The zero-order chi connectivity index (χ0) is 22.3. The van der Waals surface area contributed by atoms with E-state index in [2.05, 4.69) is 5.32 Å². The Morgan fingerprint density at radius 3 is 2.66 bits per heavy atom. The van der Waals surface area contributed by atoms with Gasteiger partial charge in [0, 0.05) is 25.3 Å². The van der Waals surface area contributed by atoms with E-state index in [-0.39, 0.29) is 36.2 Å². The van der Waals surface area contributed by atoms with Crippen LogP contribution >= 0.6 is 11.8 Å². The first-order chi connectivity index (χ1) is 15.6. The van der Waals surface area contributed by atoms with E-state index in [0.29, 0.717) is 22.8 Å². The van der Waals surface area contributed by atoms with Gasteiger partial charge >= 0.3 is 0 Å². The van der Waals surface area contributed by atoms with Gasteiger partial charge in [0.05, 0.1) is 11.0 Å². The average molecular weight is 453 g/mol. The van der Waals surface area contributed by atoms with Gasteiger partial charge in [0.15, 0.2) is 0 Å². The number of carbonyl (C=O) groups excluding carboxylic acids is 3. The summed E-state index contributed by atoms with van der Waals surface area (Å²) < 4.78 is 11.2. The summed E-state index contributed by atoms with van der Waals surface area (Å²) in [7, 11) is 0. The molecule has 3 amide bonds. The van der Waals surface area contributed by atoms with E-state index in [1.54, 1.807) is 30.3 Å². The number of nitrogens with one attached hydrogen (secondary N) is 1. The quantitative estimate of drug-likeness (QED) is 0.615. The van der Waals surface area contributed by atoms with Gasteiger partial charge in [-0.1, -0.05) is 30.3 Å². The molecule has 2 saturated heterocycles. The monoisotopic (exact) mass is 452 g/mol. The van der Waals surface area contributed by atoms with Gasteiger partial charge in [0.2, 0.25) is 0 Å². The minimum atomic E-state index is -0.342. The van der Waals surface area contributed by atoms with Crippen LogP contribution in [-0.4, -0.2) is 54.4 Å². The molecule has 2 aromatic rings. The van der Waals surface area contributed by atoms with E-state index in [0.717, 1.165) is 41.7 Å². The van der Waals surface area contributed by atoms with Gasteiger partial charge in [-0.25, -0.2) is 0 Å². The molecular formula is C24H24N2O5S. The van der Waals surface area contributed by atoms with Crippen molar-refractivity contribution in [1.29, 1.82) is 0 Å². The highest BCUT2D eigenvalue weighted by Crippen LogP contribution is 2.31. The topological polar surface area (TPSA) is 84.9 Å². The molecule has 7 nitrogen and oxygen atoms in total. The van der Waals surface area contributed by atoms with Crippen LogP contribution in [0.1, 0.15) is 28.8 Å². The SMILES string of the molecule is O=C(NCCN1C(=O)SC(=Cc2ccccc2)C1=O)c1ccc(OCC2CCCO2)cc1. The zero-order valence-electron chi connectivity index (χ0n) is 17.5. The van der Waals surface area contributed by atoms with E-state index in [1.807, 2.05) is 30.3 Å². The molecule has 2 aromatic carbocycles. The van der Waals surface area contributed by atoms with Gasteiger partial charge < -0.3 is 14.8 Å². The standard InChI is InChI=1S/C24H24N2O5S/c27-22(18-8-10-19(11-9-18)31-16-20-7-4-14-30-20)25-12-13-26-23(28)21(32-24(26)29)15-17-5-2-1-3-6-17/h1-3,5-6,8-11,15,20H,4,7,12-14,16H2,(H,25,27). The summed E-state index contributed by atoms with van der Waals surface area (Å²) >= 11 is 0.910. The highest BCUT2D eigenvalue weighted by Gasteiger charge is 2.34. The van der Waals surface area contributed by atoms with Gasteiger partial charge in [-0.2, -0.15) is 0 Å². The Morgan fingerprint density at radius 1 is 1.16 bits per heavy atom. The Kier molecular flexibility index (Phi) is 7.24. The molecule has 2 aliphatic heterocycles. The summed E-state index contributed by atoms with van der Waals surface area (Å²) in [6.45, 7) is 1.57. The summed E-state index contributed by atoms with van der Waals surface area (Å²) in [6, 6.07) is 16.2. The molecule has 1 unspecified atom stereocenters. The van der Waals surface area contributed by atoms with Crippen molar-refractivity contribution in [2.45, 2.75) is 18.9 Å². The Labute approximate surface area is 190 Å². The van der Waals surface area contributed by atoms with Crippen LogP contribution in [0.4, 0.5) is 4.79 Å². The molecule has 8 heteroatoms. The van der Waals surface area contributed by atoms with Crippen molar-refractivity contribution in [3.05, 3.63) is 70.6 Å². The third kappa shape index (κ3) is 5.57. The molecular weight excluding hydrogens is 428 g/mol. The van der Waals surface area contributed by atoms with Crippen LogP contribution in [0, 0.1) is 0 Å². The maximum Gasteiger partial charge on any atom is 0.293 e. The lowest BCUT2D eigenvalue weighted by molar-refractivity contribution is -0.122. The third-order valence-electron chi connectivity index (χ3n) is 5.17. The predicted molar refractivity (Wildman–Crippen MR) is 122 cm³/mol. The molecule has 2 aliphatic rings. The summed E-state index contributed by atoms with van der Waals surface area (Å²) in [5, 5.41) is 2.42. The molecule has 0 radical (unpaired) electrons. The minimum Gasteiger partial charge on any atom is -0.491 e. The van der Waals surface area contributed by atoms with Crippen molar-refractivity contribution < 1.29 is 23.9 Å². The minimum absolute atomic E-state index is 0.116. The summed E-state index contributed by atoms with van der Waals surface area (Å²) in [5.41, 5.74) is 1.34. The molecule has 0 spiro atoms. The Hall–Kier alpha value is -3.10. The lowest BCUT2D eigenvalue weighted by atomic mass is 10.2. The molecule has 0 aliphatic carbocycles. The van der Waals surface area contributed by atoms with Gasteiger partial charge in [0.25, 0.3) is 17.1 Å². The second kappa shape index (κ2) is 10.5. The van der Waals surface area contributed by atoms with Crippen molar-refractivity contribution in [2.24, 2.45) is 0 Å². The van der Waals surface area contributed by atoms with E-state index in [1.165, 1.54) is 0 Å². The fourth-order valence-electron chi connectivity index (χ4n) is 3.44. The van der Waals surface area contributed by atoms with Crippen molar-refractivity contribution in [3.63, 3.8) is 0 Å². The fourth-order valence-corrected chi connectivity index (χ4v) is 4.31. The number of hydrogen-bond acceptors (Lipinski definition) is 6. The molecule has 0 aromatic heterocycles. The normalized spacial score (nSPS) is 19.6. The van der Waals surface area contributed by atoms with Crippen LogP contribution in [0.15, 0.2) is 59.5 Å². The number of carbonyl (C=O) groups is 3. The van der Waals surface area contributed by atoms with Crippen LogP contribution in [-0.2, 0) is 9.53 Å². The molecule has 166 valence electrons.